The zero-order chi connectivity index (χ0) is 19.6. The fourth-order valence-corrected chi connectivity index (χ4v) is 3.28. The summed E-state index contributed by atoms with van der Waals surface area (Å²) < 4.78 is 21.0. The van der Waals surface area contributed by atoms with Crippen LogP contribution >= 0.6 is 11.6 Å². The van der Waals surface area contributed by atoms with Crippen LogP contribution in [0.15, 0.2) is 36.7 Å². The molecule has 142 valence electrons. The van der Waals surface area contributed by atoms with Crippen LogP contribution in [0, 0.1) is 19.7 Å². The first-order valence-electron chi connectivity index (χ1n) is 8.64. The van der Waals surface area contributed by atoms with Gasteiger partial charge >= 0.3 is 0 Å². The number of aromatic amines is 1. The van der Waals surface area contributed by atoms with E-state index in [9.17, 15) is 9.18 Å². The van der Waals surface area contributed by atoms with Crippen LogP contribution in [0.2, 0.25) is 5.02 Å². The monoisotopic (exact) mass is 389 g/mol. The highest BCUT2D eigenvalue weighted by Gasteiger charge is 2.18. The van der Waals surface area contributed by atoms with Crippen LogP contribution in [-0.2, 0) is 11.2 Å². The minimum atomic E-state index is -0.474. The molecule has 1 atom stereocenters. The van der Waals surface area contributed by atoms with Crippen molar-refractivity contribution in [3.63, 3.8) is 0 Å². The second-order valence-electron chi connectivity index (χ2n) is 6.50. The predicted molar refractivity (Wildman–Crippen MR) is 102 cm³/mol. The van der Waals surface area contributed by atoms with Crippen molar-refractivity contribution in [2.45, 2.75) is 33.3 Å². The molecule has 0 saturated carbocycles. The number of nitrogens with one attached hydrogen (secondary N) is 1. The number of ether oxygens (including phenoxy) is 1. The molecule has 1 aromatic carbocycles. The number of aromatic nitrogens is 3. The van der Waals surface area contributed by atoms with Gasteiger partial charge in [0.05, 0.1) is 11.1 Å². The van der Waals surface area contributed by atoms with Gasteiger partial charge < -0.3 is 14.3 Å². The van der Waals surface area contributed by atoms with E-state index in [1.54, 1.807) is 24.5 Å². The second-order valence-corrected chi connectivity index (χ2v) is 6.91. The molecule has 2 aromatic heterocycles. The van der Waals surface area contributed by atoms with Gasteiger partial charge in [0.1, 0.15) is 18.2 Å². The van der Waals surface area contributed by atoms with E-state index in [0.29, 0.717) is 17.7 Å². The van der Waals surface area contributed by atoms with Gasteiger partial charge in [0.15, 0.2) is 5.78 Å². The number of nitrogens with zero attached hydrogens (tertiary/aromatic N) is 2. The Bertz CT molecular complexity index is 951. The van der Waals surface area contributed by atoms with Gasteiger partial charge in [0.2, 0.25) is 0 Å². The van der Waals surface area contributed by atoms with Crippen molar-refractivity contribution in [1.82, 2.24) is 14.5 Å². The van der Waals surface area contributed by atoms with Gasteiger partial charge in [-0.1, -0.05) is 11.6 Å². The average molecular weight is 390 g/mol. The summed E-state index contributed by atoms with van der Waals surface area (Å²) in [6, 6.07) is 6.32. The van der Waals surface area contributed by atoms with Crippen molar-refractivity contribution in [3.05, 3.63) is 70.3 Å². The Hall–Kier alpha value is -2.44. The predicted octanol–water partition coefficient (Wildman–Crippen LogP) is 4.44. The molecule has 7 heteroatoms. The number of Topliss-reactive ketones (excluding diaryl/α,β-unsaturated/α-hetero) is 1. The lowest BCUT2D eigenvalue weighted by Crippen LogP contribution is -2.19. The lowest BCUT2D eigenvalue weighted by Gasteiger charge is -2.12. The molecule has 2 heterocycles. The summed E-state index contributed by atoms with van der Waals surface area (Å²) in [6.45, 7) is 5.63. The van der Waals surface area contributed by atoms with Gasteiger partial charge in [-0.3, -0.25) is 4.79 Å². The van der Waals surface area contributed by atoms with Crippen LogP contribution in [0.25, 0.3) is 5.69 Å². The molecule has 3 aromatic rings. The first-order chi connectivity index (χ1) is 12.9. The number of carbonyl (C=O) groups is 1. The molecule has 3 rings (SSSR count). The minimum Gasteiger partial charge on any atom is -0.370 e. The average Bonchev–Trinajstić information content (AvgIpc) is 3.23. The van der Waals surface area contributed by atoms with Crippen LogP contribution in [0.1, 0.15) is 34.5 Å². The lowest BCUT2D eigenvalue weighted by atomic mass is 10.1. The number of ketones is 1. The zero-order valence-electron chi connectivity index (χ0n) is 15.4. The first kappa shape index (κ1) is 19.3. The first-order valence-corrected chi connectivity index (χ1v) is 9.02. The van der Waals surface area contributed by atoms with E-state index < -0.39 is 5.82 Å². The quantitative estimate of drug-likeness (QED) is 0.608. The van der Waals surface area contributed by atoms with Gasteiger partial charge in [-0.05, 0) is 45.0 Å². The molecule has 0 aliphatic rings. The lowest BCUT2D eigenvalue weighted by molar-refractivity contribution is 0.0518. The number of H-pyrrole nitrogens is 1. The third kappa shape index (κ3) is 4.28. The molecule has 0 amide bonds. The highest BCUT2D eigenvalue weighted by atomic mass is 35.5. The molecule has 0 spiro atoms. The van der Waals surface area contributed by atoms with Gasteiger partial charge in [0.25, 0.3) is 0 Å². The summed E-state index contributed by atoms with van der Waals surface area (Å²) in [5.41, 5.74) is 2.92. The highest BCUT2D eigenvalue weighted by Crippen LogP contribution is 2.25. The normalized spacial score (nSPS) is 12.3. The van der Waals surface area contributed by atoms with E-state index >= 15 is 0 Å². The Morgan fingerprint density at radius 2 is 2.15 bits per heavy atom. The summed E-state index contributed by atoms with van der Waals surface area (Å²) in [6.07, 6.45) is 3.90. The molecule has 1 N–H and O–H groups in total. The standard InChI is InChI=1S/C20H21ClFN3O2/c1-12-8-16(14(3)25(12)15-4-5-18(22)17(21)10-15)19(26)11-27-13(2)9-20-23-6-7-24-20/h4-8,10,13H,9,11H2,1-3H3,(H,23,24)/t13-/m1/s1. The molecular formula is C20H21ClFN3O2. The summed E-state index contributed by atoms with van der Waals surface area (Å²) >= 11 is 5.90. The maximum Gasteiger partial charge on any atom is 0.190 e. The minimum absolute atomic E-state index is 0.0175. The summed E-state index contributed by atoms with van der Waals surface area (Å²) in [7, 11) is 0. The van der Waals surface area contributed by atoms with Crippen molar-refractivity contribution in [1.29, 1.82) is 0 Å². The summed E-state index contributed by atoms with van der Waals surface area (Å²) in [5, 5.41) is 0.0444. The topological polar surface area (TPSA) is 59.9 Å². The van der Waals surface area contributed by atoms with Crippen molar-refractivity contribution in [2.75, 3.05) is 6.61 Å². The molecule has 0 aliphatic carbocycles. The number of hydrogen-bond acceptors (Lipinski definition) is 3. The van der Waals surface area contributed by atoms with Crippen molar-refractivity contribution in [3.8, 4) is 5.69 Å². The number of hydrogen-bond donors (Lipinski definition) is 1. The summed E-state index contributed by atoms with van der Waals surface area (Å²) in [4.78, 5) is 19.8. The number of halogens is 2. The molecule has 0 aliphatic heterocycles. The number of imidazole rings is 1. The fraction of sp³-hybridized carbons (Fsp3) is 0.300. The van der Waals surface area contributed by atoms with Crippen molar-refractivity contribution in [2.24, 2.45) is 0 Å². The smallest absolute Gasteiger partial charge is 0.190 e. The number of aryl methyl sites for hydroxylation is 1. The molecule has 0 unspecified atom stereocenters. The summed E-state index contributed by atoms with van der Waals surface area (Å²) in [5.74, 6) is 0.244. The Morgan fingerprint density at radius 1 is 1.37 bits per heavy atom. The number of carbonyl (C=O) groups excluding carboxylic acids is 1. The maximum absolute atomic E-state index is 13.4. The van der Waals surface area contributed by atoms with Crippen LogP contribution in [0.3, 0.4) is 0 Å². The molecule has 0 bridgehead atoms. The highest BCUT2D eigenvalue weighted by molar-refractivity contribution is 6.30. The molecule has 5 nitrogen and oxygen atoms in total. The molecule has 0 radical (unpaired) electrons. The van der Waals surface area contributed by atoms with Crippen LogP contribution < -0.4 is 0 Å². The van der Waals surface area contributed by atoms with Crippen LogP contribution in [-0.4, -0.2) is 33.0 Å². The number of rotatable bonds is 7. The van der Waals surface area contributed by atoms with E-state index in [0.717, 1.165) is 17.2 Å². The van der Waals surface area contributed by atoms with E-state index in [4.69, 9.17) is 16.3 Å². The third-order valence-corrected chi connectivity index (χ3v) is 4.72. The number of benzene rings is 1. The van der Waals surface area contributed by atoms with Crippen molar-refractivity contribution < 1.29 is 13.9 Å². The third-order valence-electron chi connectivity index (χ3n) is 4.43. The molecule has 0 saturated heterocycles. The van der Waals surface area contributed by atoms with Crippen LogP contribution in [0.5, 0.6) is 0 Å². The second kappa shape index (κ2) is 8.06. The Balaban J connectivity index is 1.73. The molecule has 27 heavy (non-hydrogen) atoms. The van der Waals surface area contributed by atoms with Crippen molar-refractivity contribution >= 4 is 17.4 Å². The maximum atomic E-state index is 13.4. The van der Waals surface area contributed by atoms with E-state index in [1.165, 1.54) is 6.07 Å². The molecule has 0 fully saturated rings. The zero-order valence-corrected chi connectivity index (χ0v) is 16.2. The largest absolute Gasteiger partial charge is 0.370 e. The Labute approximate surface area is 162 Å². The van der Waals surface area contributed by atoms with Gasteiger partial charge in [-0.15, -0.1) is 0 Å². The van der Waals surface area contributed by atoms with Gasteiger partial charge in [-0.2, -0.15) is 0 Å². The molecular weight excluding hydrogens is 369 g/mol. The SMILES string of the molecule is Cc1cc(C(=O)CO[C@H](C)Cc2ncc[nH]2)c(C)n1-c1ccc(F)c(Cl)c1. The van der Waals surface area contributed by atoms with Gasteiger partial charge in [0, 0.05) is 41.5 Å². The van der Waals surface area contributed by atoms with Crippen LogP contribution in [0.4, 0.5) is 4.39 Å². The van der Waals surface area contributed by atoms with Gasteiger partial charge in [-0.25, -0.2) is 9.37 Å². The Morgan fingerprint density at radius 3 is 2.81 bits per heavy atom. The van der Waals surface area contributed by atoms with E-state index in [1.807, 2.05) is 31.4 Å². The fourth-order valence-electron chi connectivity index (χ4n) is 3.10. The van der Waals surface area contributed by atoms with E-state index in [2.05, 4.69) is 9.97 Å². The Kier molecular flexibility index (Phi) is 5.77. The van der Waals surface area contributed by atoms with E-state index in [-0.39, 0.29) is 23.5 Å².